The molecular weight excluding hydrogens is 333 g/mol. The number of carbonyl (C=O) groups is 1. The Morgan fingerprint density at radius 1 is 1.27 bits per heavy atom. The molecule has 0 aliphatic rings. The van der Waals surface area contributed by atoms with Crippen LogP contribution in [0.1, 0.15) is 29.7 Å². The number of hydrogen-bond donors (Lipinski definition) is 2. The van der Waals surface area contributed by atoms with E-state index in [1.54, 1.807) is 18.2 Å². The van der Waals surface area contributed by atoms with Crippen LogP contribution in [-0.2, 0) is 16.0 Å². The van der Waals surface area contributed by atoms with Gasteiger partial charge in [0.15, 0.2) is 0 Å². The van der Waals surface area contributed by atoms with Crippen molar-refractivity contribution >= 4 is 12.0 Å². The molecule has 0 fully saturated rings. The lowest BCUT2D eigenvalue weighted by atomic mass is 10.0. The third-order valence-electron chi connectivity index (χ3n) is 4.03. The van der Waals surface area contributed by atoms with Gasteiger partial charge in [-0.15, -0.1) is 0 Å². The fraction of sp³-hybridized carbons (Fsp3) is 0.286. The minimum Gasteiger partial charge on any atom is -0.466 e. The number of methoxy groups -OCH3 is 1. The van der Waals surface area contributed by atoms with Gasteiger partial charge >= 0.3 is 5.97 Å². The van der Waals surface area contributed by atoms with Gasteiger partial charge in [0, 0.05) is 18.7 Å². The minimum absolute atomic E-state index is 0.148. The molecule has 2 rings (SSSR count). The standard InChI is InChI=1S/C21H24FNO3/c1-15(23-14-20(24)18-4-3-5-19(22)13-18)12-17-8-6-16(7-9-17)10-11-21(25)26-2/h3-11,13,15,20,23-24H,12,14H2,1-2H3. The molecule has 5 heteroatoms. The first kappa shape index (κ1) is 19.8. The van der Waals surface area contributed by atoms with Gasteiger partial charge in [0.1, 0.15) is 5.82 Å². The van der Waals surface area contributed by atoms with Gasteiger partial charge in [-0.2, -0.15) is 0 Å². The number of rotatable bonds is 8. The van der Waals surface area contributed by atoms with E-state index in [4.69, 9.17) is 0 Å². The number of hydrogen-bond acceptors (Lipinski definition) is 4. The van der Waals surface area contributed by atoms with E-state index in [1.165, 1.54) is 25.3 Å². The Kier molecular flexibility index (Phi) is 7.51. The first-order valence-electron chi connectivity index (χ1n) is 8.50. The second kappa shape index (κ2) is 9.85. The molecule has 2 N–H and O–H groups in total. The highest BCUT2D eigenvalue weighted by Crippen LogP contribution is 2.14. The smallest absolute Gasteiger partial charge is 0.330 e. The van der Waals surface area contributed by atoms with E-state index in [2.05, 4.69) is 10.1 Å². The van der Waals surface area contributed by atoms with Gasteiger partial charge in [-0.1, -0.05) is 36.4 Å². The van der Waals surface area contributed by atoms with Gasteiger partial charge in [-0.3, -0.25) is 0 Å². The number of benzene rings is 2. The van der Waals surface area contributed by atoms with Crippen LogP contribution in [-0.4, -0.2) is 30.8 Å². The molecule has 0 heterocycles. The van der Waals surface area contributed by atoms with Crippen molar-refractivity contribution in [1.29, 1.82) is 0 Å². The van der Waals surface area contributed by atoms with Crippen LogP contribution in [0.4, 0.5) is 4.39 Å². The third-order valence-corrected chi connectivity index (χ3v) is 4.03. The molecule has 138 valence electrons. The van der Waals surface area contributed by atoms with E-state index in [1.807, 2.05) is 31.2 Å². The molecular formula is C21H24FNO3. The summed E-state index contributed by atoms with van der Waals surface area (Å²) in [6.07, 6.45) is 3.12. The highest BCUT2D eigenvalue weighted by atomic mass is 19.1. The second-order valence-electron chi connectivity index (χ2n) is 6.18. The van der Waals surface area contributed by atoms with Crippen LogP contribution in [0.3, 0.4) is 0 Å². The molecule has 26 heavy (non-hydrogen) atoms. The highest BCUT2D eigenvalue weighted by Gasteiger charge is 2.10. The summed E-state index contributed by atoms with van der Waals surface area (Å²) >= 11 is 0. The zero-order valence-corrected chi connectivity index (χ0v) is 15.0. The Bertz CT molecular complexity index is 743. The Morgan fingerprint density at radius 3 is 2.65 bits per heavy atom. The van der Waals surface area contributed by atoms with E-state index < -0.39 is 6.10 Å². The minimum atomic E-state index is -0.751. The molecule has 0 amide bonds. The van der Waals surface area contributed by atoms with Crippen LogP contribution in [0.5, 0.6) is 0 Å². The van der Waals surface area contributed by atoms with E-state index in [9.17, 15) is 14.3 Å². The van der Waals surface area contributed by atoms with Crippen molar-refractivity contribution in [3.8, 4) is 0 Å². The summed E-state index contributed by atoms with van der Waals surface area (Å²) < 4.78 is 17.8. The van der Waals surface area contributed by atoms with Crippen LogP contribution in [0, 0.1) is 5.82 Å². The molecule has 2 aromatic carbocycles. The molecule has 0 aliphatic carbocycles. The van der Waals surface area contributed by atoms with Gasteiger partial charge in [-0.05, 0) is 48.2 Å². The Labute approximate surface area is 153 Å². The lowest BCUT2D eigenvalue weighted by Crippen LogP contribution is -2.32. The number of halogens is 1. The highest BCUT2D eigenvalue weighted by molar-refractivity contribution is 5.86. The van der Waals surface area contributed by atoms with Crippen molar-refractivity contribution in [1.82, 2.24) is 5.32 Å². The fourth-order valence-corrected chi connectivity index (χ4v) is 2.57. The molecule has 2 atom stereocenters. The van der Waals surface area contributed by atoms with Crippen molar-refractivity contribution in [3.05, 3.63) is 77.1 Å². The van der Waals surface area contributed by atoms with Crippen LogP contribution < -0.4 is 5.32 Å². The molecule has 0 saturated heterocycles. The quantitative estimate of drug-likeness (QED) is 0.562. The normalized spacial score (nSPS) is 13.5. The van der Waals surface area contributed by atoms with Gasteiger partial charge in [0.25, 0.3) is 0 Å². The predicted octanol–water partition coefficient (Wildman–Crippen LogP) is 3.27. The average Bonchev–Trinajstić information content (AvgIpc) is 2.65. The summed E-state index contributed by atoms with van der Waals surface area (Å²) in [5.74, 6) is -0.736. The summed E-state index contributed by atoms with van der Waals surface area (Å²) in [6, 6.07) is 14.0. The summed E-state index contributed by atoms with van der Waals surface area (Å²) in [7, 11) is 1.34. The molecule has 0 spiro atoms. The van der Waals surface area contributed by atoms with Gasteiger partial charge in [-0.25, -0.2) is 9.18 Å². The molecule has 0 aliphatic heterocycles. The number of esters is 1. The number of carbonyl (C=O) groups excluding carboxylic acids is 1. The van der Waals surface area contributed by atoms with Gasteiger partial charge < -0.3 is 15.2 Å². The first-order chi connectivity index (χ1) is 12.5. The SMILES string of the molecule is COC(=O)C=Cc1ccc(CC(C)NCC(O)c2cccc(F)c2)cc1. The van der Waals surface area contributed by atoms with Crippen LogP contribution in [0.2, 0.25) is 0 Å². The van der Waals surface area contributed by atoms with Crippen LogP contribution in [0.15, 0.2) is 54.6 Å². The first-order valence-corrected chi connectivity index (χ1v) is 8.50. The monoisotopic (exact) mass is 357 g/mol. The summed E-state index contributed by atoms with van der Waals surface area (Å²) in [5, 5.41) is 13.4. The number of nitrogens with one attached hydrogen (secondary N) is 1. The fourth-order valence-electron chi connectivity index (χ4n) is 2.57. The zero-order valence-electron chi connectivity index (χ0n) is 15.0. The lowest BCUT2D eigenvalue weighted by molar-refractivity contribution is -0.134. The van der Waals surface area contributed by atoms with Crippen molar-refractivity contribution in [2.24, 2.45) is 0 Å². The summed E-state index contributed by atoms with van der Waals surface area (Å²) in [6.45, 7) is 2.38. The molecule has 2 aromatic rings. The Hall–Kier alpha value is -2.50. The second-order valence-corrected chi connectivity index (χ2v) is 6.18. The zero-order chi connectivity index (χ0) is 18.9. The molecule has 4 nitrogen and oxygen atoms in total. The van der Waals surface area contributed by atoms with E-state index in [-0.39, 0.29) is 17.8 Å². The maximum atomic E-state index is 13.2. The molecule has 0 bridgehead atoms. The molecule has 0 saturated carbocycles. The average molecular weight is 357 g/mol. The topological polar surface area (TPSA) is 58.6 Å². The summed E-state index contributed by atoms with van der Waals surface area (Å²) in [5.41, 5.74) is 2.62. The lowest BCUT2D eigenvalue weighted by Gasteiger charge is -2.17. The number of aliphatic hydroxyl groups excluding tert-OH is 1. The Balaban J connectivity index is 1.82. The van der Waals surface area contributed by atoms with E-state index in [0.717, 1.165) is 17.5 Å². The molecule has 0 radical (unpaired) electrons. The van der Waals surface area contributed by atoms with Crippen molar-refractivity contribution in [3.63, 3.8) is 0 Å². The van der Waals surface area contributed by atoms with Gasteiger partial charge in [0.05, 0.1) is 13.2 Å². The Morgan fingerprint density at radius 2 is 2.00 bits per heavy atom. The third kappa shape index (κ3) is 6.43. The number of ether oxygens (including phenoxy) is 1. The predicted molar refractivity (Wildman–Crippen MR) is 100 cm³/mol. The maximum absolute atomic E-state index is 13.2. The van der Waals surface area contributed by atoms with Crippen molar-refractivity contribution < 1.29 is 19.0 Å². The van der Waals surface area contributed by atoms with Gasteiger partial charge in [0.2, 0.25) is 0 Å². The van der Waals surface area contributed by atoms with Crippen molar-refractivity contribution in [2.45, 2.75) is 25.5 Å². The molecule has 0 aromatic heterocycles. The van der Waals surface area contributed by atoms with Crippen LogP contribution in [0.25, 0.3) is 6.08 Å². The summed E-state index contributed by atoms with van der Waals surface area (Å²) in [4.78, 5) is 11.1. The maximum Gasteiger partial charge on any atom is 0.330 e. The largest absolute Gasteiger partial charge is 0.466 e. The van der Waals surface area contributed by atoms with E-state index >= 15 is 0 Å². The number of aliphatic hydroxyl groups is 1. The van der Waals surface area contributed by atoms with E-state index in [0.29, 0.717) is 12.1 Å². The van der Waals surface area contributed by atoms with Crippen molar-refractivity contribution in [2.75, 3.05) is 13.7 Å². The van der Waals surface area contributed by atoms with Crippen LogP contribution >= 0.6 is 0 Å². The molecule has 2 unspecified atom stereocenters.